The van der Waals surface area contributed by atoms with Gasteiger partial charge in [-0.05, 0) is 0 Å². The summed E-state index contributed by atoms with van der Waals surface area (Å²) in [4.78, 5) is 0. The van der Waals surface area contributed by atoms with Crippen molar-refractivity contribution in [2.75, 3.05) is 0 Å². The average molecular weight is 222 g/mol. The van der Waals surface area contributed by atoms with E-state index in [0.29, 0.717) is 0 Å². The molecular formula is C9H13ClZn. The minimum atomic E-state index is -0.157. The first-order valence-electron chi connectivity index (χ1n) is 3.97. The molecule has 0 atom stereocenters. The van der Waals surface area contributed by atoms with Crippen LogP contribution in [0.3, 0.4) is 0 Å². The zero-order valence-electron chi connectivity index (χ0n) is 6.92. The average Bonchev–Trinajstić information content (AvgIpc) is 2.03. The van der Waals surface area contributed by atoms with Crippen LogP contribution >= 0.6 is 12.4 Å². The van der Waals surface area contributed by atoms with Gasteiger partial charge in [-0.3, -0.25) is 0 Å². The minimum Gasteiger partial charge on any atom is -0.147 e. The van der Waals surface area contributed by atoms with Crippen LogP contribution in [0.15, 0.2) is 30.3 Å². The van der Waals surface area contributed by atoms with E-state index in [1.807, 2.05) is 0 Å². The van der Waals surface area contributed by atoms with E-state index in [1.165, 1.54) is 10.0 Å². The standard InChI is InChI=1S/C7H7.C2H5.ClH.Zn/c1-7-5-3-2-4-6-7;1-2;;/h2-6H,1H2;1H2,2H3;1H;. The summed E-state index contributed by atoms with van der Waals surface area (Å²) in [5, 5.41) is 2.90. The number of hydrogen-bond acceptors (Lipinski definition) is 0. The van der Waals surface area contributed by atoms with Crippen molar-refractivity contribution in [1.29, 1.82) is 0 Å². The van der Waals surface area contributed by atoms with Crippen LogP contribution in [0.4, 0.5) is 0 Å². The Labute approximate surface area is 82.4 Å². The normalized spacial score (nSPS) is 8.09. The van der Waals surface area contributed by atoms with Crippen molar-refractivity contribution in [3.63, 3.8) is 0 Å². The summed E-state index contributed by atoms with van der Waals surface area (Å²) in [6, 6.07) is 10.8. The van der Waals surface area contributed by atoms with Crippen LogP contribution < -0.4 is 0 Å². The summed E-state index contributed by atoms with van der Waals surface area (Å²) in [5.41, 5.74) is 1.55. The molecular weight excluding hydrogens is 209 g/mol. The third kappa shape index (κ3) is 4.55. The van der Waals surface area contributed by atoms with Gasteiger partial charge in [0.1, 0.15) is 0 Å². The molecule has 0 unspecified atom stereocenters. The van der Waals surface area contributed by atoms with Gasteiger partial charge in [-0.2, -0.15) is 0 Å². The molecule has 0 saturated carbocycles. The third-order valence-electron chi connectivity index (χ3n) is 1.66. The second kappa shape index (κ2) is 6.82. The Balaban J connectivity index is 0.000001000. The van der Waals surface area contributed by atoms with E-state index in [0.717, 1.165) is 0 Å². The molecule has 0 bridgehead atoms. The molecule has 0 saturated heterocycles. The van der Waals surface area contributed by atoms with Crippen molar-refractivity contribution in [2.24, 2.45) is 0 Å². The van der Waals surface area contributed by atoms with Crippen LogP contribution in [0.1, 0.15) is 12.5 Å². The molecule has 0 nitrogen and oxygen atoms in total. The Morgan fingerprint density at radius 1 is 1.18 bits per heavy atom. The zero-order chi connectivity index (χ0) is 7.23. The van der Waals surface area contributed by atoms with Crippen molar-refractivity contribution in [3.05, 3.63) is 35.9 Å². The smallest absolute Gasteiger partial charge is 0.147 e. The second-order valence-electron chi connectivity index (χ2n) is 2.59. The first kappa shape index (κ1) is 11.1. The molecule has 0 fully saturated rings. The largest absolute Gasteiger partial charge is 0.147 e. The van der Waals surface area contributed by atoms with Crippen LogP contribution in [0.2, 0.25) is 5.02 Å². The summed E-state index contributed by atoms with van der Waals surface area (Å²) in [7, 11) is 0. The monoisotopic (exact) mass is 220 g/mol. The molecule has 2 heteroatoms. The first-order valence-corrected chi connectivity index (χ1v) is 8.17. The van der Waals surface area contributed by atoms with E-state index < -0.39 is 0 Å². The van der Waals surface area contributed by atoms with Gasteiger partial charge in [-0.25, -0.2) is 0 Å². The van der Waals surface area contributed by atoms with Crippen molar-refractivity contribution in [3.8, 4) is 0 Å². The van der Waals surface area contributed by atoms with E-state index in [9.17, 15) is 0 Å². The molecule has 0 radical (unpaired) electrons. The van der Waals surface area contributed by atoms with Gasteiger partial charge in [0.2, 0.25) is 0 Å². The van der Waals surface area contributed by atoms with E-state index in [4.69, 9.17) is 0 Å². The number of halogens is 1. The van der Waals surface area contributed by atoms with Crippen LogP contribution in [0.25, 0.3) is 0 Å². The predicted octanol–water partition coefficient (Wildman–Crippen LogP) is 3.13. The van der Waals surface area contributed by atoms with Crippen LogP contribution in [0, 0.1) is 0 Å². The Morgan fingerprint density at radius 2 is 1.82 bits per heavy atom. The molecule has 0 spiro atoms. The van der Waals surface area contributed by atoms with Crippen molar-refractivity contribution in [1.82, 2.24) is 0 Å². The van der Waals surface area contributed by atoms with Crippen LogP contribution in [-0.2, 0) is 22.1 Å². The maximum Gasteiger partial charge on any atom is -0.147 e. The van der Waals surface area contributed by atoms with E-state index in [1.54, 1.807) is 5.56 Å². The molecule has 0 heterocycles. The number of hydrogen-bond donors (Lipinski definition) is 0. The fourth-order valence-corrected chi connectivity index (χ4v) is 3.32. The topological polar surface area (TPSA) is 0 Å². The van der Waals surface area contributed by atoms with E-state index >= 15 is 0 Å². The van der Waals surface area contributed by atoms with Crippen molar-refractivity contribution >= 4 is 12.4 Å². The molecule has 1 aromatic rings. The van der Waals surface area contributed by atoms with Gasteiger partial charge < -0.3 is 0 Å². The first-order chi connectivity index (χ1) is 4.93. The van der Waals surface area contributed by atoms with Crippen LogP contribution in [0.5, 0.6) is 0 Å². The molecule has 0 aromatic heterocycles. The van der Waals surface area contributed by atoms with Gasteiger partial charge in [-0.1, -0.05) is 0 Å². The third-order valence-corrected chi connectivity index (χ3v) is 5.10. The zero-order valence-corrected chi connectivity index (χ0v) is 10.7. The quantitative estimate of drug-likeness (QED) is 0.689. The Hall–Kier alpha value is 0.133. The number of benzene rings is 1. The predicted molar refractivity (Wildman–Crippen MR) is 47.9 cm³/mol. The molecule has 58 valence electrons. The molecule has 0 aliphatic rings. The molecule has 0 N–H and O–H groups in total. The Bertz CT molecular complexity index is 174. The van der Waals surface area contributed by atoms with Gasteiger partial charge in [0.05, 0.1) is 0 Å². The maximum absolute atomic E-state index is 2.31. The molecule has 0 aliphatic heterocycles. The molecule has 1 rings (SSSR count). The Kier molecular flexibility index (Phi) is 6.90. The summed E-state index contributed by atoms with van der Waals surface area (Å²) in [6.07, 6.45) is 0. The van der Waals surface area contributed by atoms with E-state index in [2.05, 4.69) is 37.3 Å². The van der Waals surface area contributed by atoms with E-state index in [-0.39, 0.29) is 29.5 Å². The second-order valence-corrected chi connectivity index (χ2v) is 7.22. The fraction of sp³-hybridized carbons (Fsp3) is 0.333. The molecule has 0 amide bonds. The minimum absolute atomic E-state index is 0. The molecule has 11 heavy (non-hydrogen) atoms. The van der Waals surface area contributed by atoms with Gasteiger partial charge in [0, 0.05) is 0 Å². The SMILES string of the molecule is C[CH2][Zn][CH2]c1ccccc1.Cl. The molecule has 0 aliphatic carbocycles. The van der Waals surface area contributed by atoms with Crippen molar-refractivity contribution < 1.29 is 17.1 Å². The summed E-state index contributed by atoms with van der Waals surface area (Å²) in [5.74, 6) is 0. The summed E-state index contributed by atoms with van der Waals surface area (Å²) < 4.78 is 0. The summed E-state index contributed by atoms with van der Waals surface area (Å²) in [6.45, 7) is 2.31. The van der Waals surface area contributed by atoms with Gasteiger partial charge >= 0.3 is 70.0 Å². The fourth-order valence-electron chi connectivity index (χ4n) is 1.03. The summed E-state index contributed by atoms with van der Waals surface area (Å²) >= 11 is -0.157. The molecule has 1 aromatic carbocycles. The van der Waals surface area contributed by atoms with Gasteiger partial charge in [0.15, 0.2) is 0 Å². The van der Waals surface area contributed by atoms with Crippen LogP contribution in [-0.4, -0.2) is 0 Å². The number of rotatable bonds is 3. The maximum atomic E-state index is 2.31. The van der Waals surface area contributed by atoms with Gasteiger partial charge in [-0.15, -0.1) is 12.4 Å². The van der Waals surface area contributed by atoms with Gasteiger partial charge in [0.25, 0.3) is 0 Å². The van der Waals surface area contributed by atoms with Crippen molar-refractivity contribution in [2.45, 2.75) is 17.0 Å². The Morgan fingerprint density at radius 3 is 2.36 bits per heavy atom.